The Morgan fingerprint density at radius 3 is 2.00 bits per heavy atom. The Morgan fingerprint density at radius 1 is 1.03 bits per heavy atom. The number of amides is 2. The molecule has 1 heterocycles. The van der Waals surface area contributed by atoms with E-state index in [0.717, 1.165) is 0 Å². The summed E-state index contributed by atoms with van der Waals surface area (Å²) in [5.41, 5.74) is 3.37. The Bertz CT molecular complexity index is 1010. The quantitative estimate of drug-likeness (QED) is 0.575. The van der Waals surface area contributed by atoms with Crippen LogP contribution in [0.5, 0.6) is 0 Å². The third kappa shape index (κ3) is 5.59. The standard InChI is InChI=1S/C17H23N3O4S.C6H4/c1-3-16(22)19-15-9-11-20(12-10-15)25(23,24)17(18-13(2)21)14-7-5-4-6-8-14;1-2-6-4-3-5(1)6/h3-8,15,17H,1,9-12H2,2H3,(H,18,21)(H,19,22);1-4H. The molecule has 1 aromatic carbocycles. The second-order valence-electron chi connectivity index (χ2n) is 7.50. The number of nitrogens with zero attached hydrogens (tertiary/aromatic N) is 1. The number of hydrogen-bond acceptors (Lipinski definition) is 4. The predicted molar refractivity (Wildman–Crippen MR) is 120 cm³/mol. The average molecular weight is 442 g/mol. The lowest BCUT2D eigenvalue weighted by Crippen LogP contribution is -2.49. The predicted octanol–water partition coefficient (Wildman–Crippen LogP) is 2.58. The molecule has 3 aliphatic rings. The lowest BCUT2D eigenvalue weighted by Gasteiger charge is -2.34. The smallest absolute Gasteiger partial charge is 0.243 e. The van der Waals surface area contributed by atoms with E-state index in [1.807, 2.05) is 0 Å². The van der Waals surface area contributed by atoms with Gasteiger partial charge in [-0.1, -0.05) is 61.2 Å². The maximum atomic E-state index is 13.0. The van der Waals surface area contributed by atoms with Crippen molar-refractivity contribution in [1.29, 1.82) is 0 Å². The molecule has 0 aromatic heterocycles. The van der Waals surface area contributed by atoms with Gasteiger partial charge in [0.2, 0.25) is 21.8 Å². The third-order valence-electron chi connectivity index (χ3n) is 5.30. The highest BCUT2D eigenvalue weighted by atomic mass is 32.2. The van der Waals surface area contributed by atoms with Crippen LogP contribution in [0.4, 0.5) is 0 Å². The van der Waals surface area contributed by atoms with Gasteiger partial charge in [0.1, 0.15) is 0 Å². The van der Waals surface area contributed by atoms with Crippen LogP contribution in [-0.4, -0.2) is 43.7 Å². The van der Waals surface area contributed by atoms with Crippen molar-refractivity contribution in [2.45, 2.75) is 31.2 Å². The van der Waals surface area contributed by atoms with E-state index in [2.05, 4.69) is 41.5 Å². The molecule has 164 valence electrons. The van der Waals surface area contributed by atoms with E-state index in [9.17, 15) is 18.0 Å². The summed E-state index contributed by atoms with van der Waals surface area (Å²) in [5, 5.41) is 4.20. The van der Waals surface area contributed by atoms with Crippen LogP contribution >= 0.6 is 0 Å². The largest absolute Gasteiger partial charge is 0.350 e. The van der Waals surface area contributed by atoms with Gasteiger partial charge >= 0.3 is 0 Å². The van der Waals surface area contributed by atoms with Crippen LogP contribution in [-0.2, 0) is 19.6 Å². The van der Waals surface area contributed by atoms with Gasteiger partial charge in [0, 0.05) is 26.1 Å². The number of piperidine rings is 1. The van der Waals surface area contributed by atoms with E-state index in [4.69, 9.17) is 0 Å². The summed E-state index contributed by atoms with van der Waals surface area (Å²) in [6, 6.07) is 17.0. The van der Waals surface area contributed by atoms with Gasteiger partial charge < -0.3 is 10.6 Å². The zero-order chi connectivity index (χ0) is 22.4. The molecule has 4 rings (SSSR count). The number of fused-ring (bicyclic) bond motifs is 1. The number of rotatable bonds is 6. The van der Waals surface area contributed by atoms with Gasteiger partial charge in [0.15, 0.2) is 5.37 Å². The van der Waals surface area contributed by atoms with E-state index in [1.165, 1.54) is 28.4 Å². The molecule has 2 N–H and O–H groups in total. The second kappa shape index (κ2) is 9.89. The Kier molecular flexibility index (Phi) is 7.25. The molecule has 1 fully saturated rings. The highest BCUT2D eigenvalue weighted by Gasteiger charge is 2.36. The molecule has 0 bridgehead atoms. The first-order valence-electron chi connectivity index (χ1n) is 10.2. The molecule has 2 aliphatic carbocycles. The summed E-state index contributed by atoms with van der Waals surface area (Å²) in [4.78, 5) is 22.9. The molecular weight excluding hydrogens is 414 g/mol. The normalized spacial score (nSPS) is 16.3. The van der Waals surface area contributed by atoms with Crippen molar-refractivity contribution in [1.82, 2.24) is 14.9 Å². The molecule has 1 aliphatic heterocycles. The van der Waals surface area contributed by atoms with Crippen molar-refractivity contribution < 1.29 is 18.0 Å². The maximum absolute atomic E-state index is 13.0. The van der Waals surface area contributed by atoms with Gasteiger partial charge in [0.25, 0.3) is 0 Å². The number of hydrogen-bond donors (Lipinski definition) is 2. The molecule has 1 saturated heterocycles. The van der Waals surface area contributed by atoms with Crippen LogP contribution in [0.1, 0.15) is 30.7 Å². The van der Waals surface area contributed by atoms with Crippen molar-refractivity contribution in [3.05, 3.63) is 72.8 Å². The Balaban J connectivity index is 0.000000381. The fourth-order valence-electron chi connectivity index (χ4n) is 3.47. The van der Waals surface area contributed by atoms with E-state index in [-0.39, 0.29) is 25.0 Å². The van der Waals surface area contributed by atoms with Crippen molar-refractivity contribution in [3.63, 3.8) is 0 Å². The summed E-state index contributed by atoms with van der Waals surface area (Å²) in [5.74, 6) is -0.674. The number of carbonyl (C=O) groups excluding carboxylic acids is 2. The van der Waals surface area contributed by atoms with Crippen LogP contribution in [0.25, 0.3) is 11.1 Å². The van der Waals surface area contributed by atoms with Crippen molar-refractivity contribution in [2.24, 2.45) is 0 Å². The minimum absolute atomic E-state index is 0.0760. The molecule has 31 heavy (non-hydrogen) atoms. The first-order valence-corrected chi connectivity index (χ1v) is 11.7. The monoisotopic (exact) mass is 441 g/mol. The molecule has 8 heteroatoms. The molecule has 1 aromatic rings. The minimum Gasteiger partial charge on any atom is -0.350 e. The summed E-state index contributed by atoms with van der Waals surface area (Å²) in [6.07, 6.45) is 2.23. The topological polar surface area (TPSA) is 95.6 Å². The number of carbonyl (C=O) groups is 2. The summed E-state index contributed by atoms with van der Waals surface area (Å²) in [6.45, 7) is 5.27. The van der Waals surface area contributed by atoms with Gasteiger partial charge in [-0.25, -0.2) is 8.42 Å². The molecule has 0 radical (unpaired) electrons. The molecule has 0 spiro atoms. The number of nitrogens with one attached hydrogen (secondary N) is 2. The summed E-state index contributed by atoms with van der Waals surface area (Å²) in [7, 11) is -3.76. The van der Waals surface area contributed by atoms with Gasteiger partial charge in [-0.3, -0.25) is 9.59 Å². The maximum Gasteiger partial charge on any atom is 0.243 e. The number of sulfonamides is 1. The van der Waals surface area contributed by atoms with Crippen molar-refractivity contribution in [2.75, 3.05) is 13.1 Å². The molecule has 1 unspecified atom stereocenters. The van der Waals surface area contributed by atoms with E-state index in [1.54, 1.807) is 30.3 Å². The van der Waals surface area contributed by atoms with E-state index in [0.29, 0.717) is 18.4 Å². The SMILES string of the molecule is C=CC(=O)NC1CCN(S(=O)(=O)C(NC(C)=O)c2ccccc2)CC1.c1cc2ccc1-2. The highest BCUT2D eigenvalue weighted by molar-refractivity contribution is 7.89. The zero-order valence-corrected chi connectivity index (χ0v) is 18.3. The third-order valence-corrected chi connectivity index (χ3v) is 7.37. The highest BCUT2D eigenvalue weighted by Crippen LogP contribution is 2.29. The van der Waals surface area contributed by atoms with Crippen LogP contribution in [0.3, 0.4) is 0 Å². The molecule has 7 nitrogen and oxygen atoms in total. The number of benzene rings is 2. The average Bonchev–Trinajstić information content (AvgIpc) is 2.75. The van der Waals surface area contributed by atoms with Crippen LogP contribution in [0.2, 0.25) is 0 Å². The second-order valence-corrected chi connectivity index (χ2v) is 9.52. The van der Waals surface area contributed by atoms with Gasteiger partial charge in [0.05, 0.1) is 0 Å². The van der Waals surface area contributed by atoms with E-state index >= 15 is 0 Å². The van der Waals surface area contributed by atoms with Crippen molar-refractivity contribution in [3.8, 4) is 11.1 Å². The lowest BCUT2D eigenvalue weighted by atomic mass is 9.95. The Labute approximate surface area is 183 Å². The van der Waals surface area contributed by atoms with Gasteiger partial charge in [-0.05, 0) is 35.6 Å². The van der Waals surface area contributed by atoms with Crippen LogP contribution in [0.15, 0.2) is 67.3 Å². The summed E-state index contributed by atoms with van der Waals surface area (Å²) >= 11 is 0. The first kappa shape index (κ1) is 22.7. The first-order chi connectivity index (χ1) is 14.8. The summed E-state index contributed by atoms with van der Waals surface area (Å²) < 4.78 is 27.4. The van der Waals surface area contributed by atoms with Crippen LogP contribution < -0.4 is 10.6 Å². The Morgan fingerprint density at radius 2 is 1.58 bits per heavy atom. The zero-order valence-electron chi connectivity index (χ0n) is 17.5. The van der Waals surface area contributed by atoms with Crippen LogP contribution in [0, 0.1) is 0 Å². The minimum atomic E-state index is -3.76. The van der Waals surface area contributed by atoms with E-state index < -0.39 is 21.3 Å². The molecule has 1 atom stereocenters. The Hall–Kier alpha value is -2.97. The fraction of sp³-hybridized carbons (Fsp3) is 0.304. The van der Waals surface area contributed by atoms with Gasteiger partial charge in [-0.15, -0.1) is 0 Å². The van der Waals surface area contributed by atoms with Gasteiger partial charge in [-0.2, -0.15) is 4.31 Å². The lowest BCUT2D eigenvalue weighted by molar-refractivity contribution is -0.119. The molecular formula is C23H27N3O4S. The molecule has 0 saturated carbocycles. The van der Waals surface area contributed by atoms with Crippen molar-refractivity contribution >= 4 is 21.8 Å². The molecule has 2 amide bonds. The fourth-order valence-corrected chi connectivity index (χ4v) is 5.30.